The van der Waals surface area contributed by atoms with E-state index in [0.717, 1.165) is 24.2 Å². The molecule has 0 radical (unpaired) electrons. The molecule has 0 saturated heterocycles. The molecule has 134 valence electrons. The number of aryl methyl sites for hydroxylation is 1. The number of hydrogen-bond donors (Lipinski definition) is 1. The largest absolute Gasteiger partial charge is 0.494 e. The van der Waals surface area contributed by atoms with E-state index in [1.807, 2.05) is 25.1 Å². The normalized spacial score (nSPS) is 10.5. The molecule has 0 unspecified atom stereocenters. The van der Waals surface area contributed by atoms with Crippen molar-refractivity contribution >= 4 is 29.1 Å². The summed E-state index contributed by atoms with van der Waals surface area (Å²) in [6, 6.07) is 13.4. The lowest BCUT2D eigenvalue weighted by Gasteiger charge is -2.10. The second-order valence-corrected chi connectivity index (χ2v) is 6.51. The maximum absolute atomic E-state index is 12.0. The van der Waals surface area contributed by atoms with Crippen LogP contribution in [0.15, 0.2) is 42.5 Å². The first-order valence-corrected chi connectivity index (χ1v) is 9.27. The summed E-state index contributed by atoms with van der Waals surface area (Å²) < 4.78 is 5.61. The van der Waals surface area contributed by atoms with E-state index >= 15 is 0 Å². The summed E-state index contributed by atoms with van der Waals surface area (Å²) in [4.78, 5) is 12.0. The zero-order chi connectivity index (χ0) is 18.1. The number of rotatable bonds is 9. The van der Waals surface area contributed by atoms with Gasteiger partial charge in [0.25, 0.3) is 0 Å². The van der Waals surface area contributed by atoms with Crippen LogP contribution in [-0.2, 0) is 17.6 Å². The summed E-state index contributed by atoms with van der Waals surface area (Å²) in [6.45, 7) is 3.26. The summed E-state index contributed by atoms with van der Waals surface area (Å²) >= 11 is 12.2. The summed E-state index contributed by atoms with van der Waals surface area (Å²) in [5, 5.41) is 4.16. The molecule has 3 nitrogen and oxygen atoms in total. The molecule has 0 aliphatic rings. The van der Waals surface area contributed by atoms with Gasteiger partial charge >= 0.3 is 0 Å². The van der Waals surface area contributed by atoms with Crippen LogP contribution in [0.2, 0.25) is 10.0 Å². The van der Waals surface area contributed by atoms with Gasteiger partial charge in [-0.05, 0) is 55.5 Å². The van der Waals surface area contributed by atoms with E-state index in [9.17, 15) is 4.79 Å². The Labute approximate surface area is 159 Å². The highest BCUT2D eigenvalue weighted by Crippen LogP contribution is 2.25. The summed E-state index contributed by atoms with van der Waals surface area (Å²) in [5.41, 5.74) is 1.99. The van der Waals surface area contributed by atoms with Crippen molar-refractivity contribution in [2.45, 2.75) is 32.6 Å². The van der Waals surface area contributed by atoms with Gasteiger partial charge in [-0.1, -0.05) is 47.5 Å². The number of para-hydroxylation sites is 1. The number of carbonyl (C=O) groups is 1. The molecule has 0 saturated carbocycles. The lowest BCUT2D eigenvalue weighted by atomic mass is 10.1. The van der Waals surface area contributed by atoms with Crippen LogP contribution in [-0.4, -0.2) is 19.1 Å². The Bertz CT molecular complexity index is 684. The molecule has 0 heterocycles. The molecule has 25 heavy (non-hydrogen) atoms. The zero-order valence-corrected chi connectivity index (χ0v) is 15.9. The number of hydrogen-bond acceptors (Lipinski definition) is 2. The number of benzene rings is 2. The van der Waals surface area contributed by atoms with Crippen molar-refractivity contribution in [2.24, 2.45) is 0 Å². The van der Waals surface area contributed by atoms with Crippen molar-refractivity contribution in [3.05, 3.63) is 63.6 Å². The zero-order valence-electron chi connectivity index (χ0n) is 14.4. The van der Waals surface area contributed by atoms with Crippen molar-refractivity contribution in [1.82, 2.24) is 5.32 Å². The third kappa shape index (κ3) is 6.26. The van der Waals surface area contributed by atoms with E-state index in [0.29, 0.717) is 36.0 Å². The molecule has 0 spiro atoms. The van der Waals surface area contributed by atoms with Gasteiger partial charge in [0, 0.05) is 23.0 Å². The smallest absolute Gasteiger partial charge is 0.220 e. The predicted molar refractivity (Wildman–Crippen MR) is 104 cm³/mol. The van der Waals surface area contributed by atoms with Crippen molar-refractivity contribution in [1.29, 1.82) is 0 Å². The Morgan fingerprint density at radius 1 is 1.04 bits per heavy atom. The fraction of sp³-hybridized carbons (Fsp3) is 0.350. The lowest BCUT2D eigenvalue weighted by molar-refractivity contribution is -0.121. The van der Waals surface area contributed by atoms with E-state index in [2.05, 4.69) is 11.4 Å². The quantitative estimate of drug-likeness (QED) is 0.617. The van der Waals surface area contributed by atoms with Crippen LogP contribution in [0.1, 0.15) is 30.9 Å². The number of nitrogens with one attached hydrogen (secondary N) is 1. The standard InChI is InChI=1S/C20H23Cl2NO2/c1-2-25-19-11-4-3-7-15(19)8-6-14-23-20(24)13-12-16-17(21)9-5-10-18(16)22/h3-5,7,9-11H,2,6,8,12-14H2,1H3,(H,23,24). The van der Waals surface area contributed by atoms with Crippen LogP contribution in [0.4, 0.5) is 0 Å². The Morgan fingerprint density at radius 3 is 2.48 bits per heavy atom. The van der Waals surface area contributed by atoms with Gasteiger partial charge in [-0.15, -0.1) is 0 Å². The highest BCUT2D eigenvalue weighted by molar-refractivity contribution is 6.36. The summed E-state index contributed by atoms with van der Waals surface area (Å²) in [7, 11) is 0. The third-order valence-electron chi connectivity index (χ3n) is 3.88. The second kappa shape index (κ2) is 10.3. The molecule has 1 amide bonds. The van der Waals surface area contributed by atoms with Crippen molar-refractivity contribution < 1.29 is 9.53 Å². The monoisotopic (exact) mass is 379 g/mol. The van der Waals surface area contributed by atoms with Crippen molar-refractivity contribution in [3.8, 4) is 5.75 Å². The Kier molecular flexibility index (Phi) is 8.10. The molecule has 2 rings (SSSR count). The minimum Gasteiger partial charge on any atom is -0.494 e. The van der Waals surface area contributed by atoms with Crippen LogP contribution >= 0.6 is 23.2 Å². The van der Waals surface area contributed by atoms with Gasteiger partial charge in [0.15, 0.2) is 0 Å². The van der Waals surface area contributed by atoms with Crippen molar-refractivity contribution in [3.63, 3.8) is 0 Å². The molecule has 0 bridgehead atoms. The Balaban J connectivity index is 1.72. The SMILES string of the molecule is CCOc1ccccc1CCCNC(=O)CCc1c(Cl)cccc1Cl. The number of amides is 1. The van der Waals surface area contributed by atoms with Gasteiger partial charge in [0.1, 0.15) is 5.75 Å². The number of carbonyl (C=O) groups excluding carboxylic acids is 1. The first-order chi connectivity index (χ1) is 12.1. The summed E-state index contributed by atoms with van der Waals surface area (Å²) in [5.74, 6) is 0.929. The van der Waals surface area contributed by atoms with Gasteiger partial charge in [0.2, 0.25) is 5.91 Å². The van der Waals surface area contributed by atoms with Crippen LogP contribution in [0.3, 0.4) is 0 Å². The highest BCUT2D eigenvalue weighted by atomic mass is 35.5. The van der Waals surface area contributed by atoms with Gasteiger partial charge < -0.3 is 10.1 Å². The highest BCUT2D eigenvalue weighted by Gasteiger charge is 2.08. The Hall–Kier alpha value is -1.71. The molecule has 5 heteroatoms. The average molecular weight is 380 g/mol. The second-order valence-electron chi connectivity index (χ2n) is 5.69. The summed E-state index contributed by atoms with van der Waals surface area (Å²) in [6.07, 6.45) is 2.64. The molecular weight excluding hydrogens is 357 g/mol. The van der Waals surface area contributed by atoms with Crippen LogP contribution < -0.4 is 10.1 Å². The molecule has 0 atom stereocenters. The number of halogens is 2. The first-order valence-electron chi connectivity index (χ1n) is 8.52. The molecule has 0 aliphatic carbocycles. The van der Waals surface area contributed by atoms with E-state index in [-0.39, 0.29) is 5.91 Å². The predicted octanol–water partition coefficient (Wildman–Crippen LogP) is 5.07. The van der Waals surface area contributed by atoms with E-state index in [4.69, 9.17) is 27.9 Å². The molecular formula is C20H23Cl2NO2. The van der Waals surface area contributed by atoms with Crippen LogP contribution in [0.25, 0.3) is 0 Å². The molecule has 2 aromatic carbocycles. The molecule has 0 fully saturated rings. The minimum atomic E-state index is 0.00841. The van der Waals surface area contributed by atoms with Crippen molar-refractivity contribution in [2.75, 3.05) is 13.2 Å². The first kappa shape index (κ1) is 19.6. The van der Waals surface area contributed by atoms with Gasteiger partial charge in [0.05, 0.1) is 6.61 Å². The minimum absolute atomic E-state index is 0.00841. The molecule has 2 aromatic rings. The van der Waals surface area contributed by atoms with E-state index in [1.165, 1.54) is 5.56 Å². The maximum Gasteiger partial charge on any atom is 0.220 e. The topological polar surface area (TPSA) is 38.3 Å². The molecule has 0 aliphatic heterocycles. The fourth-order valence-electron chi connectivity index (χ4n) is 2.61. The maximum atomic E-state index is 12.0. The van der Waals surface area contributed by atoms with E-state index < -0.39 is 0 Å². The average Bonchev–Trinajstić information content (AvgIpc) is 2.60. The van der Waals surface area contributed by atoms with E-state index in [1.54, 1.807) is 18.2 Å². The lowest BCUT2D eigenvalue weighted by Crippen LogP contribution is -2.25. The number of ether oxygens (including phenoxy) is 1. The Morgan fingerprint density at radius 2 is 1.76 bits per heavy atom. The van der Waals surface area contributed by atoms with Gasteiger partial charge in [-0.25, -0.2) is 0 Å². The van der Waals surface area contributed by atoms with Gasteiger partial charge in [-0.2, -0.15) is 0 Å². The van der Waals surface area contributed by atoms with Crippen LogP contribution in [0, 0.1) is 0 Å². The van der Waals surface area contributed by atoms with Crippen LogP contribution in [0.5, 0.6) is 5.75 Å². The van der Waals surface area contributed by atoms with Gasteiger partial charge in [-0.3, -0.25) is 4.79 Å². The molecule has 1 N–H and O–H groups in total. The fourth-order valence-corrected chi connectivity index (χ4v) is 3.20. The molecule has 0 aromatic heterocycles. The third-order valence-corrected chi connectivity index (χ3v) is 4.59.